The number of aryl methyl sites for hydroxylation is 2. The van der Waals surface area contributed by atoms with Crippen molar-refractivity contribution in [3.63, 3.8) is 0 Å². The minimum Gasteiger partial charge on any atom is -0.481 e. The number of fused-ring (bicyclic) bond motifs is 1. The molecule has 0 aromatic heterocycles. The summed E-state index contributed by atoms with van der Waals surface area (Å²) in [4.78, 5) is 11.4. The zero-order valence-electron chi connectivity index (χ0n) is 10.9. The molecule has 0 amide bonds. The third kappa shape index (κ3) is 2.03. The number of carbonyl (C=O) groups is 1. The summed E-state index contributed by atoms with van der Waals surface area (Å²) < 4.78 is 0. The van der Waals surface area contributed by atoms with Crippen LogP contribution in [-0.4, -0.2) is 16.2 Å². The van der Waals surface area contributed by atoms with E-state index in [-0.39, 0.29) is 0 Å². The molecular weight excluding hydrogens is 228 g/mol. The predicted octanol–water partition coefficient (Wildman–Crippen LogP) is 2.63. The first-order valence-corrected chi connectivity index (χ1v) is 6.54. The fraction of sp³-hybridized carbons (Fsp3) is 0.533. The van der Waals surface area contributed by atoms with E-state index in [2.05, 4.69) is 0 Å². The first-order chi connectivity index (χ1) is 8.49. The SMILES string of the molecule is CCCC(C(=O)O)C1(O)CCc2ccc(C)cc21. The number of carboxylic acid groups (broad SMARTS) is 1. The summed E-state index contributed by atoms with van der Waals surface area (Å²) in [5, 5.41) is 20.2. The molecule has 1 aliphatic carbocycles. The van der Waals surface area contributed by atoms with Crippen molar-refractivity contribution in [1.82, 2.24) is 0 Å². The van der Waals surface area contributed by atoms with Crippen LogP contribution in [0.5, 0.6) is 0 Å². The molecule has 0 saturated carbocycles. The lowest BCUT2D eigenvalue weighted by Gasteiger charge is -2.31. The molecule has 3 heteroatoms. The Bertz CT molecular complexity index is 467. The number of rotatable bonds is 4. The number of aliphatic hydroxyl groups is 1. The first kappa shape index (κ1) is 13.1. The molecule has 2 atom stereocenters. The van der Waals surface area contributed by atoms with Gasteiger partial charge in [0.05, 0.1) is 5.92 Å². The highest BCUT2D eigenvalue weighted by atomic mass is 16.4. The van der Waals surface area contributed by atoms with Gasteiger partial charge in [-0.05, 0) is 37.3 Å². The van der Waals surface area contributed by atoms with E-state index in [9.17, 15) is 15.0 Å². The second-order valence-electron chi connectivity index (χ2n) is 5.26. The highest BCUT2D eigenvalue weighted by Gasteiger charge is 2.46. The van der Waals surface area contributed by atoms with E-state index in [1.165, 1.54) is 0 Å². The van der Waals surface area contributed by atoms with Crippen molar-refractivity contribution in [3.8, 4) is 0 Å². The molecule has 1 aliphatic rings. The van der Waals surface area contributed by atoms with E-state index in [4.69, 9.17) is 0 Å². The molecule has 0 bridgehead atoms. The predicted molar refractivity (Wildman–Crippen MR) is 69.4 cm³/mol. The topological polar surface area (TPSA) is 57.5 Å². The van der Waals surface area contributed by atoms with Gasteiger partial charge in [0.25, 0.3) is 0 Å². The van der Waals surface area contributed by atoms with Gasteiger partial charge < -0.3 is 10.2 Å². The van der Waals surface area contributed by atoms with Crippen LogP contribution in [0.4, 0.5) is 0 Å². The first-order valence-electron chi connectivity index (χ1n) is 6.54. The fourth-order valence-corrected chi connectivity index (χ4v) is 2.99. The molecule has 2 rings (SSSR count). The van der Waals surface area contributed by atoms with Crippen molar-refractivity contribution in [1.29, 1.82) is 0 Å². The summed E-state index contributed by atoms with van der Waals surface area (Å²) >= 11 is 0. The number of aliphatic carboxylic acids is 1. The molecule has 0 spiro atoms. The average molecular weight is 248 g/mol. The van der Waals surface area contributed by atoms with E-state index in [0.29, 0.717) is 12.8 Å². The monoisotopic (exact) mass is 248 g/mol. The Morgan fingerprint density at radius 3 is 2.83 bits per heavy atom. The van der Waals surface area contributed by atoms with Crippen LogP contribution in [0.25, 0.3) is 0 Å². The molecule has 1 aromatic carbocycles. The highest BCUT2D eigenvalue weighted by Crippen LogP contribution is 2.44. The molecule has 0 fully saturated rings. The van der Waals surface area contributed by atoms with Crippen LogP contribution in [0.2, 0.25) is 0 Å². The largest absolute Gasteiger partial charge is 0.481 e. The molecule has 0 heterocycles. The van der Waals surface area contributed by atoms with Crippen LogP contribution >= 0.6 is 0 Å². The molecule has 98 valence electrons. The Morgan fingerprint density at radius 2 is 2.22 bits per heavy atom. The van der Waals surface area contributed by atoms with Crippen molar-refractivity contribution in [2.45, 2.75) is 45.1 Å². The molecule has 3 nitrogen and oxygen atoms in total. The van der Waals surface area contributed by atoms with Crippen LogP contribution in [-0.2, 0) is 16.8 Å². The van der Waals surface area contributed by atoms with Gasteiger partial charge in [-0.3, -0.25) is 4.79 Å². The average Bonchev–Trinajstić information content (AvgIpc) is 2.64. The minimum absolute atomic E-state index is 0.513. The maximum absolute atomic E-state index is 11.4. The van der Waals surface area contributed by atoms with Crippen molar-refractivity contribution < 1.29 is 15.0 Å². The quantitative estimate of drug-likeness (QED) is 0.861. The summed E-state index contributed by atoms with van der Waals surface area (Å²) in [5.41, 5.74) is 1.78. The molecular formula is C15H20O3. The van der Waals surface area contributed by atoms with Crippen LogP contribution in [0, 0.1) is 12.8 Å². The number of hydrogen-bond donors (Lipinski definition) is 2. The van der Waals surface area contributed by atoms with Gasteiger partial charge in [0.15, 0.2) is 0 Å². The molecule has 0 saturated heterocycles. The van der Waals surface area contributed by atoms with Gasteiger partial charge in [-0.15, -0.1) is 0 Å². The summed E-state index contributed by atoms with van der Waals surface area (Å²) in [6.07, 6.45) is 2.56. The Labute approximate surface area is 107 Å². The lowest BCUT2D eigenvalue weighted by molar-refractivity contribution is -0.153. The molecule has 1 aromatic rings. The van der Waals surface area contributed by atoms with E-state index in [0.717, 1.165) is 29.5 Å². The van der Waals surface area contributed by atoms with E-state index < -0.39 is 17.5 Å². The second-order valence-corrected chi connectivity index (χ2v) is 5.26. The molecule has 18 heavy (non-hydrogen) atoms. The van der Waals surface area contributed by atoms with Crippen LogP contribution < -0.4 is 0 Å². The van der Waals surface area contributed by atoms with Crippen LogP contribution in [0.3, 0.4) is 0 Å². The second kappa shape index (κ2) is 4.73. The van der Waals surface area contributed by atoms with Crippen molar-refractivity contribution in [3.05, 3.63) is 34.9 Å². The van der Waals surface area contributed by atoms with Crippen LogP contribution in [0.1, 0.15) is 42.9 Å². The van der Waals surface area contributed by atoms with Crippen molar-refractivity contribution in [2.24, 2.45) is 5.92 Å². The molecule has 0 radical (unpaired) electrons. The molecule has 0 aliphatic heterocycles. The molecule has 2 N–H and O–H groups in total. The van der Waals surface area contributed by atoms with Gasteiger partial charge in [0, 0.05) is 0 Å². The van der Waals surface area contributed by atoms with Crippen molar-refractivity contribution >= 4 is 5.97 Å². The van der Waals surface area contributed by atoms with E-state index >= 15 is 0 Å². The van der Waals surface area contributed by atoms with Gasteiger partial charge >= 0.3 is 5.97 Å². The Balaban J connectivity index is 2.44. The van der Waals surface area contributed by atoms with Gasteiger partial charge in [-0.2, -0.15) is 0 Å². The standard InChI is InChI=1S/C15H20O3/c1-3-4-12(14(16)17)15(18)8-7-11-6-5-10(2)9-13(11)15/h5-6,9,12,18H,3-4,7-8H2,1-2H3,(H,16,17). The Hall–Kier alpha value is -1.35. The zero-order valence-corrected chi connectivity index (χ0v) is 10.9. The summed E-state index contributed by atoms with van der Waals surface area (Å²) in [5.74, 6) is -1.60. The maximum atomic E-state index is 11.4. The highest BCUT2D eigenvalue weighted by molar-refractivity contribution is 5.72. The minimum atomic E-state index is -1.19. The third-order valence-corrected chi connectivity index (χ3v) is 3.96. The number of benzene rings is 1. The smallest absolute Gasteiger partial charge is 0.309 e. The zero-order chi connectivity index (χ0) is 13.3. The van der Waals surface area contributed by atoms with E-state index in [1.807, 2.05) is 32.0 Å². The lowest BCUT2D eigenvalue weighted by atomic mass is 9.79. The van der Waals surface area contributed by atoms with Gasteiger partial charge in [0.1, 0.15) is 5.60 Å². The van der Waals surface area contributed by atoms with E-state index in [1.54, 1.807) is 0 Å². The van der Waals surface area contributed by atoms with Gasteiger partial charge in [-0.25, -0.2) is 0 Å². The van der Waals surface area contributed by atoms with Crippen LogP contribution in [0.15, 0.2) is 18.2 Å². The maximum Gasteiger partial charge on any atom is 0.309 e. The van der Waals surface area contributed by atoms with Gasteiger partial charge in [-0.1, -0.05) is 37.1 Å². The molecule has 2 unspecified atom stereocenters. The number of carboxylic acids is 1. The summed E-state index contributed by atoms with van der Waals surface area (Å²) in [6, 6.07) is 5.96. The van der Waals surface area contributed by atoms with Gasteiger partial charge in [0.2, 0.25) is 0 Å². The van der Waals surface area contributed by atoms with Crippen molar-refractivity contribution in [2.75, 3.05) is 0 Å². The normalized spacial score (nSPS) is 23.7. The lowest BCUT2D eigenvalue weighted by Crippen LogP contribution is -2.38. The Kier molecular flexibility index (Phi) is 3.44. The Morgan fingerprint density at radius 1 is 1.50 bits per heavy atom. The number of hydrogen-bond acceptors (Lipinski definition) is 2. The third-order valence-electron chi connectivity index (χ3n) is 3.96. The summed E-state index contributed by atoms with van der Waals surface area (Å²) in [7, 11) is 0. The summed E-state index contributed by atoms with van der Waals surface area (Å²) in [6.45, 7) is 3.92. The fourth-order valence-electron chi connectivity index (χ4n) is 2.99.